The van der Waals surface area contributed by atoms with Crippen molar-refractivity contribution in [1.82, 2.24) is 14.8 Å². The minimum atomic E-state index is -3.91. The molecule has 8 nitrogen and oxygen atoms in total. The van der Waals surface area contributed by atoms with Crippen LogP contribution in [0.1, 0.15) is 28.5 Å². The molecule has 0 bridgehead atoms. The van der Waals surface area contributed by atoms with Gasteiger partial charge in [-0.15, -0.1) is 0 Å². The molecule has 0 fully saturated rings. The van der Waals surface area contributed by atoms with Crippen LogP contribution in [-0.4, -0.2) is 29.1 Å². The van der Waals surface area contributed by atoms with Crippen molar-refractivity contribution in [3.05, 3.63) is 94.9 Å². The van der Waals surface area contributed by atoms with E-state index in [-0.39, 0.29) is 4.90 Å². The molecule has 0 atom stereocenters. The second-order valence-electron chi connectivity index (χ2n) is 7.51. The van der Waals surface area contributed by atoms with E-state index in [1.165, 1.54) is 18.3 Å². The largest absolute Gasteiger partial charge is 0.322 e. The van der Waals surface area contributed by atoms with Crippen molar-refractivity contribution < 1.29 is 13.2 Å². The summed E-state index contributed by atoms with van der Waals surface area (Å²) in [6.45, 7) is 3.61. The molecule has 1 amide bonds. The van der Waals surface area contributed by atoms with Crippen molar-refractivity contribution in [2.45, 2.75) is 25.2 Å². The van der Waals surface area contributed by atoms with Gasteiger partial charge in [-0.05, 0) is 61.4 Å². The number of sulfonamides is 1. The predicted molar refractivity (Wildman–Crippen MR) is 132 cm³/mol. The lowest BCUT2D eigenvalue weighted by Crippen LogP contribution is -2.17. The van der Waals surface area contributed by atoms with Crippen molar-refractivity contribution >= 4 is 38.9 Å². The molecule has 2 aromatic heterocycles. The van der Waals surface area contributed by atoms with Crippen LogP contribution in [0.25, 0.3) is 5.82 Å². The summed E-state index contributed by atoms with van der Waals surface area (Å²) >= 11 is 5.96. The number of nitrogens with one attached hydrogen (secondary N) is 2. The van der Waals surface area contributed by atoms with Gasteiger partial charge in [0.2, 0.25) is 0 Å². The topological polar surface area (TPSA) is 106 Å². The highest BCUT2D eigenvalue weighted by Gasteiger charge is 2.21. The third kappa shape index (κ3) is 4.95. The lowest BCUT2D eigenvalue weighted by molar-refractivity contribution is 0.102. The Labute approximate surface area is 202 Å². The Morgan fingerprint density at radius 1 is 1.06 bits per heavy atom. The number of carbonyl (C=O) groups is 1. The van der Waals surface area contributed by atoms with E-state index in [9.17, 15) is 13.2 Å². The summed E-state index contributed by atoms with van der Waals surface area (Å²) in [6, 6.07) is 16.6. The maximum absolute atomic E-state index is 13.0. The highest BCUT2D eigenvalue weighted by molar-refractivity contribution is 7.92. The van der Waals surface area contributed by atoms with Crippen LogP contribution in [0.4, 0.5) is 11.4 Å². The molecule has 2 heterocycles. The molecule has 0 aliphatic carbocycles. The zero-order valence-corrected chi connectivity index (χ0v) is 20.1. The van der Waals surface area contributed by atoms with Gasteiger partial charge in [0.15, 0.2) is 5.82 Å². The summed E-state index contributed by atoms with van der Waals surface area (Å²) in [5.74, 6) is 0.211. The Kier molecular flexibility index (Phi) is 6.67. The van der Waals surface area contributed by atoms with Crippen molar-refractivity contribution in [3.63, 3.8) is 0 Å². The molecule has 34 heavy (non-hydrogen) atoms. The Hall–Kier alpha value is -3.69. The summed E-state index contributed by atoms with van der Waals surface area (Å²) < 4.78 is 30.2. The normalized spacial score (nSPS) is 11.3. The Morgan fingerprint density at radius 3 is 2.59 bits per heavy atom. The molecule has 0 spiro atoms. The molecule has 0 aliphatic rings. The fourth-order valence-electron chi connectivity index (χ4n) is 3.51. The number of carbonyl (C=O) groups excluding carboxylic acids is 1. The molecule has 2 N–H and O–H groups in total. The van der Waals surface area contributed by atoms with E-state index < -0.39 is 15.9 Å². The molecule has 4 aromatic rings. The number of hydrogen-bond donors (Lipinski definition) is 2. The monoisotopic (exact) mass is 495 g/mol. The molecule has 0 saturated heterocycles. The molecule has 0 radical (unpaired) electrons. The lowest BCUT2D eigenvalue weighted by atomic mass is 10.1. The number of rotatable bonds is 7. The molecule has 0 aliphatic heterocycles. The van der Waals surface area contributed by atoms with Gasteiger partial charge in [0, 0.05) is 16.9 Å². The number of aromatic nitrogens is 3. The zero-order valence-electron chi connectivity index (χ0n) is 18.5. The van der Waals surface area contributed by atoms with Gasteiger partial charge in [-0.25, -0.2) is 18.1 Å². The number of halogens is 1. The van der Waals surface area contributed by atoms with Gasteiger partial charge in [-0.3, -0.25) is 9.52 Å². The molecule has 10 heteroatoms. The first kappa shape index (κ1) is 23.5. The van der Waals surface area contributed by atoms with Crippen LogP contribution in [0, 0.1) is 6.92 Å². The molecule has 174 valence electrons. The van der Waals surface area contributed by atoms with Crippen LogP contribution in [0.15, 0.2) is 78.0 Å². The number of benzene rings is 2. The predicted octanol–water partition coefficient (Wildman–Crippen LogP) is 4.84. The van der Waals surface area contributed by atoms with Gasteiger partial charge >= 0.3 is 0 Å². The highest BCUT2D eigenvalue weighted by Crippen LogP contribution is 2.25. The van der Waals surface area contributed by atoms with E-state index in [0.717, 1.165) is 0 Å². The summed E-state index contributed by atoms with van der Waals surface area (Å²) in [4.78, 5) is 17.4. The molecular formula is C24H22ClN5O3S. The maximum Gasteiger partial charge on any atom is 0.262 e. The fraction of sp³-hybridized carbons (Fsp3) is 0.125. The number of nitrogens with zero attached hydrogens (tertiary/aromatic N) is 3. The van der Waals surface area contributed by atoms with Crippen LogP contribution in [0.5, 0.6) is 0 Å². The molecular weight excluding hydrogens is 474 g/mol. The van der Waals surface area contributed by atoms with E-state index in [0.29, 0.717) is 45.5 Å². The summed E-state index contributed by atoms with van der Waals surface area (Å²) in [6.07, 6.45) is 3.69. The van der Waals surface area contributed by atoms with Crippen LogP contribution >= 0.6 is 11.6 Å². The zero-order chi connectivity index (χ0) is 24.3. The van der Waals surface area contributed by atoms with Gasteiger partial charge in [-0.1, -0.05) is 36.7 Å². The average molecular weight is 496 g/mol. The number of aryl methyl sites for hydroxylation is 1. The molecule has 0 saturated carbocycles. The van der Waals surface area contributed by atoms with Gasteiger partial charge in [-0.2, -0.15) is 5.10 Å². The standard InChI is InChI=1S/C24H22ClN5O3S/c1-3-21-20(15-27-30(21)23-9-4-5-12-26-23)24(31)28-18-11-10-16(2)22(14-18)34(32,33)29-19-8-6-7-17(25)13-19/h4-15,29H,3H2,1-2H3,(H,28,31). The smallest absolute Gasteiger partial charge is 0.262 e. The highest BCUT2D eigenvalue weighted by atomic mass is 35.5. The van der Waals surface area contributed by atoms with E-state index in [1.807, 2.05) is 13.0 Å². The summed E-state index contributed by atoms with van der Waals surface area (Å²) in [5, 5.41) is 7.52. The maximum atomic E-state index is 13.0. The third-order valence-corrected chi connectivity index (χ3v) is 6.89. The fourth-order valence-corrected chi connectivity index (χ4v) is 5.02. The molecule has 2 aromatic carbocycles. The second-order valence-corrected chi connectivity index (χ2v) is 9.60. The minimum absolute atomic E-state index is 0.0465. The number of hydrogen-bond acceptors (Lipinski definition) is 5. The van der Waals surface area contributed by atoms with Crippen molar-refractivity contribution in [2.24, 2.45) is 0 Å². The Balaban J connectivity index is 1.60. The first-order valence-electron chi connectivity index (χ1n) is 10.5. The van der Waals surface area contributed by atoms with E-state index in [4.69, 9.17) is 11.6 Å². The first-order valence-corrected chi connectivity index (χ1v) is 12.3. The van der Waals surface area contributed by atoms with Gasteiger partial charge in [0.05, 0.1) is 28.0 Å². The second kappa shape index (κ2) is 9.66. The number of pyridine rings is 1. The van der Waals surface area contributed by atoms with Gasteiger partial charge < -0.3 is 5.32 Å². The van der Waals surface area contributed by atoms with Crippen LogP contribution < -0.4 is 10.0 Å². The Morgan fingerprint density at radius 2 is 1.88 bits per heavy atom. The summed E-state index contributed by atoms with van der Waals surface area (Å²) in [7, 11) is -3.91. The summed E-state index contributed by atoms with van der Waals surface area (Å²) in [5.41, 5.74) is 2.30. The Bertz CT molecular complexity index is 1450. The quantitative estimate of drug-likeness (QED) is 0.381. The van der Waals surface area contributed by atoms with Gasteiger partial charge in [0.1, 0.15) is 0 Å². The van der Waals surface area contributed by atoms with Gasteiger partial charge in [0.25, 0.3) is 15.9 Å². The minimum Gasteiger partial charge on any atom is -0.322 e. The van der Waals surface area contributed by atoms with Crippen molar-refractivity contribution in [3.8, 4) is 5.82 Å². The SMILES string of the molecule is CCc1c(C(=O)Nc2ccc(C)c(S(=O)(=O)Nc3cccc(Cl)c3)c2)cnn1-c1ccccn1. The number of amides is 1. The van der Waals surface area contributed by atoms with E-state index >= 15 is 0 Å². The van der Waals surface area contributed by atoms with Crippen molar-refractivity contribution in [1.29, 1.82) is 0 Å². The van der Waals surface area contributed by atoms with E-state index in [1.54, 1.807) is 60.3 Å². The van der Waals surface area contributed by atoms with Crippen LogP contribution in [-0.2, 0) is 16.4 Å². The first-order chi connectivity index (χ1) is 16.3. The van der Waals surface area contributed by atoms with Crippen LogP contribution in [0.2, 0.25) is 5.02 Å². The lowest BCUT2D eigenvalue weighted by Gasteiger charge is -2.13. The average Bonchev–Trinajstić information content (AvgIpc) is 3.25. The number of anilines is 2. The van der Waals surface area contributed by atoms with Crippen LogP contribution in [0.3, 0.4) is 0 Å². The third-order valence-electron chi connectivity index (χ3n) is 5.13. The van der Waals surface area contributed by atoms with E-state index in [2.05, 4.69) is 20.1 Å². The molecule has 4 rings (SSSR count). The van der Waals surface area contributed by atoms with Crippen molar-refractivity contribution in [2.75, 3.05) is 10.0 Å². The molecule has 0 unspecified atom stereocenters.